The number of aryl methyl sites for hydroxylation is 2. The van der Waals surface area contributed by atoms with Crippen LogP contribution in [0.5, 0.6) is 0 Å². The highest BCUT2D eigenvalue weighted by molar-refractivity contribution is 6.27. The van der Waals surface area contributed by atoms with Crippen LogP contribution in [0.15, 0.2) is 36.5 Å². The fourth-order valence-electron chi connectivity index (χ4n) is 9.05. The Morgan fingerprint density at radius 3 is 2.57 bits per heavy atom. The molecule has 0 unspecified atom stereocenters. The number of methoxy groups -OCH3 is 1. The van der Waals surface area contributed by atoms with Crippen molar-refractivity contribution in [2.75, 3.05) is 54.1 Å². The second kappa shape index (κ2) is 20.5. The van der Waals surface area contributed by atoms with Gasteiger partial charge in [-0.1, -0.05) is 33.6 Å². The number of amides is 3. The van der Waals surface area contributed by atoms with Crippen molar-refractivity contribution in [1.82, 2.24) is 49.9 Å². The smallest absolute Gasteiger partial charge is 0.323 e. The number of likely N-dealkylation sites (tertiary alicyclic amines) is 1. The van der Waals surface area contributed by atoms with Crippen LogP contribution in [0.4, 0.5) is 0 Å². The Morgan fingerprint density at radius 2 is 1.88 bits per heavy atom. The number of pyridine rings is 1. The quantitative estimate of drug-likeness (QED) is 0.125. The third-order valence-electron chi connectivity index (χ3n) is 13.9. The van der Waals surface area contributed by atoms with Crippen LogP contribution >= 0.6 is 0 Å². The molecule has 4 atom stereocenters. The number of hydrogen-bond donors (Lipinski definition) is 2. The SMILES string of the molecule is CCn1c(-c2cccnc2[C@H](C)OC)c2c3cc(ccc31)-c1nc(nn1C)C[C@H](NC(=O)[C@@H](COC1CN(C(=O)C#CC(C)(C)N(C)C)C1)C(C)C)C(=O)N1CCC[C@@]([Si])(N1)C(=O)OCC(C)(C)C2. The lowest BCUT2D eigenvalue weighted by atomic mass is 9.84. The fourth-order valence-corrected chi connectivity index (χ4v) is 9.43. The number of nitrogens with one attached hydrogen (secondary N) is 2. The van der Waals surface area contributed by atoms with Gasteiger partial charge in [0, 0.05) is 80.4 Å². The first-order valence-electron chi connectivity index (χ1n) is 24.0. The van der Waals surface area contributed by atoms with Gasteiger partial charge in [-0.15, -0.1) is 0 Å². The molecule has 2 fully saturated rings. The van der Waals surface area contributed by atoms with Gasteiger partial charge in [0.2, 0.25) is 5.91 Å². The molecule has 1 aromatic carbocycles. The van der Waals surface area contributed by atoms with Crippen LogP contribution in [0.1, 0.15) is 91.4 Å². The number of carbonyl (C=O) groups is 4. The second-order valence-electron chi connectivity index (χ2n) is 20.6. The molecule has 0 spiro atoms. The molecular formula is C51H69N10O7Si. The van der Waals surface area contributed by atoms with Gasteiger partial charge in [0.05, 0.1) is 58.5 Å². The minimum absolute atomic E-state index is 0.0354. The Morgan fingerprint density at radius 1 is 1.14 bits per heavy atom. The van der Waals surface area contributed by atoms with E-state index < -0.39 is 40.0 Å². The average molecular weight is 962 g/mol. The predicted octanol–water partition coefficient (Wildman–Crippen LogP) is 4.21. The number of esters is 1. The summed E-state index contributed by atoms with van der Waals surface area (Å²) in [5, 5.41) is 8.84. The van der Waals surface area contributed by atoms with Gasteiger partial charge in [-0.3, -0.25) is 34.1 Å². The van der Waals surface area contributed by atoms with E-state index in [-0.39, 0.29) is 56.1 Å². The van der Waals surface area contributed by atoms with Gasteiger partial charge in [-0.05, 0) is 109 Å². The lowest BCUT2D eigenvalue weighted by molar-refractivity contribution is -0.158. The average Bonchev–Trinajstić information content (AvgIpc) is 3.81. The summed E-state index contributed by atoms with van der Waals surface area (Å²) < 4.78 is 22.2. The molecule has 3 radical (unpaired) electrons. The maximum absolute atomic E-state index is 14.7. The molecule has 369 valence electrons. The molecule has 0 saturated carbocycles. The van der Waals surface area contributed by atoms with E-state index in [1.807, 2.05) is 72.8 Å². The molecule has 4 aromatic rings. The molecule has 3 aliphatic rings. The summed E-state index contributed by atoms with van der Waals surface area (Å²) in [6.45, 7) is 17.9. The fraction of sp³-hybridized carbons (Fsp3) is 0.588. The zero-order chi connectivity index (χ0) is 50.2. The molecule has 2 N–H and O–H groups in total. The first kappa shape index (κ1) is 51.4. The molecule has 18 heteroatoms. The monoisotopic (exact) mass is 962 g/mol. The Bertz CT molecular complexity index is 2640. The molecule has 3 aliphatic heterocycles. The van der Waals surface area contributed by atoms with Crippen LogP contribution in [-0.4, -0.2) is 150 Å². The van der Waals surface area contributed by atoms with E-state index in [4.69, 9.17) is 29.3 Å². The summed E-state index contributed by atoms with van der Waals surface area (Å²) in [5.74, 6) is 4.30. The first-order valence-corrected chi connectivity index (χ1v) is 24.5. The summed E-state index contributed by atoms with van der Waals surface area (Å²) in [4.78, 5) is 69.5. The maximum Gasteiger partial charge on any atom is 0.323 e. The standard InChI is InChI=1S/C51H69N10O7Si/c1-13-60-40-18-17-33-24-36(40)37(44(60)35-16-14-22-52-43(35)32(4)66-12)26-49(5,6)30-68-48(65)51(69)20-15-23-61(56-51)47(64)39(25-41-54-45(33)58(11)55-41)53-46(63)38(31(2)3)29-67-34-27-59(28-34)42(62)19-21-50(7,8)57(9)10/h14,16-18,22,24,31-32,34,38-39,56H,13,15,20,23,25-30H2,1-12H3,(H,53,63)/t32-,38-,39-,51-/m0/s1. The van der Waals surface area contributed by atoms with Crippen molar-refractivity contribution in [2.45, 2.75) is 117 Å². The lowest BCUT2D eigenvalue weighted by Crippen LogP contribution is -2.67. The number of aromatic nitrogens is 5. The van der Waals surface area contributed by atoms with Crippen LogP contribution in [0, 0.1) is 29.1 Å². The van der Waals surface area contributed by atoms with Crippen LogP contribution in [0.2, 0.25) is 0 Å². The van der Waals surface area contributed by atoms with Crippen molar-refractivity contribution in [1.29, 1.82) is 0 Å². The Hall–Kier alpha value is -5.45. The molecule has 17 nitrogen and oxygen atoms in total. The molecule has 6 bridgehead atoms. The molecule has 3 aromatic heterocycles. The van der Waals surface area contributed by atoms with Gasteiger partial charge in [0.1, 0.15) is 11.2 Å². The summed E-state index contributed by atoms with van der Waals surface area (Å²) in [6.07, 6.45) is 2.59. The molecule has 6 heterocycles. The molecule has 69 heavy (non-hydrogen) atoms. The van der Waals surface area contributed by atoms with Crippen LogP contribution in [-0.2, 0) is 59.8 Å². The third kappa shape index (κ3) is 11.0. The largest absolute Gasteiger partial charge is 0.464 e. The van der Waals surface area contributed by atoms with Crippen molar-refractivity contribution in [3.05, 3.63) is 53.6 Å². The Labute approximate surface area is 409 Å². The number of fused-ring (bicyclic) bond motifs is 6. The van der Waals surface area contributed by atoms with E-state index in [1.165, 1.54) is 5.01 Å². The zero-order valence-corrected chi connectivity index (χ0v) is 43.4. The molecule has 3 amide bonds. The summed E-state index contributed by atoms with van der Waals surface area (Å²) in [5.41, 5.74) is 7.83. The highest BCUT2D eigenvalue weighted by Crippen LogP contribution is 2.42. The van der Waals surface area contributed by atoms with E-state index >= 15 is 0 Å². The van der Waals surface area contributed by atoms with Crippen LogP contribution in [0.3, 0.4) is 0 Å². The number of carbonyl (C=O) groups excluding carboxylic acids is 4. The van der Waals surface area contributed by atoms with Gasteiger partial charge in [0.25, 0.3) is 11.8 Å². The predicted molar refractivity (Wildman–Crippen MR) is 263 cm³/mol. The van der Waals surface area contributed by atoms with Crippen molar-refractivity contribution in [3.8, 4) is 34.5 Å². The van der Waals surface area contributed by atoms with Crippen molar-refractivity contribution in [2.24, 2.45) is 24.3 Å². The maximum atomic E-state index is 14.7. The number of ether oxygens (including phenoxy) is 3. The minimum atomic E-state index is -1.42. The van der Waals surface area contributed by atoms with E-state index in [9.17, 15) is 19.2 Å². The lowest BCUT2D eigenvalue weighted by Gasteiger charge is -2.41. The normalized spacial score (nSPS) is 21.1. The van der Waals surface area contributed by atoms with E-state index in [0.29, 0.717) is 50.5 Å². The molecular weight excluding hydrogens is 893 g/mol. The first-order chi connectivity index (χ1) is 32.6. The third-order valence-corrected chi connectivity index (χ3v) is 14.5. The Kier molecular flexibility index (Phi) is 15.3. The van der Waals surface area contributed by atoms with Crippen molar-refractivity contribution >= 4 is 44.8 Å². The number of hydrogen-bond acceptors (Lipinski definition) is 12. The number of rotatable bonds is 11. The second-order valence-corrected chi connectivity index (χ2v) is 21.5. The molecule has 2 saturated heterocycles. The van der Waals surface area contributed by atoms with Gasteiger partial charge < -0.3 is 29.0 Å². The topological polar surface area (TPSA) is 178 Å². The number of cyclic esters (lactones) is 1. The highest BCUT2D eigenvalue weighted by Gasteiger charge is 2.44. The number of benzene rings is 1. The van der Waals surface area contributed by atoms with E-state index in [0.717, 1.165) is 39.0 Å². The van der Waals surface area contributed by atoms with E-state index in [2.05, 4.69) is 76.4 Å². The number of hydrazine groups is 1. The number of nitrogens with zero attached hydrogens (tertiary/aromatic N) is 8. The summed E-state index contributed by atoms with van der Waals surface area (Å²) in [6, 6.07) is 9.18. The molecule has 7 rings (SSSR count). The summed E-state index contributed by atoms with van der Waals surface area (Å²) in [7, 11) is 11.1. The highest BCUT2D eigenvalue weighted by atomic mass is 28.1. The van der Waals surface area contributed by atoms with Gasteiger partial charge in [-0.2, -0.15) is 5.10 Å². The Balaban J connectivity index is 1.22. The minimum Gasteiger partial charge on any atom is -0.464 e. The van der Waals surface area contributed by atoms with Gasteiger partial charge in [-0.25, -0.2) is 15.1 Å². The van der Waals surface area contributed by atoms with Gasteiger partial charge in [0.15, 0.2) is 11.6 Å². The zero-order valence-electron chi connectivity index (χ0n) is 42.4. The van der Waals surface area contributed by atoms with Crippen LogP contribution < -0.4 is 10.7 Å². The van der Waals surface area contributed by atoms with Crippen molar-refractivity contribution < 1.29 is 33.4 Å². The van der Waals surface area contributed by atoms with Crippen molar-refractivity contribution in [3.63, 3.8) is 0 Å². The molecule has 0 aliphatic carbocycles. The van der Waals surface area contributed by atoms with Gasteiger partial charge >= 0.3 is 5.97 Å². The van der Waals surface area contributed by atoms with E-state index in [1.54, 1.807) is 22.9 Å². The van der Waals surface area contributed by atoms with Crippen LogP contribution in [0.25, 0.3) is 33.5 Å². The summed E-state index contributed by atoms with van der Waals surface area (Å²) >= 11 is 0.